The maximum absolute atomic E-state index is 12.6. The molecule has 2 N–H and O–H groups in total. The summed E-state index contributed by atoms with van der Waals surface area (Å²) in [6.45, 7) is 1.50. The van der Waals surface area contributed by atoms with Crippen LogP contribution in [0.25, 0.3) is 0 Å². The molecule has 0 saturated carbocycles. The monoisotopic (exact) mass is 366 g/mol. The van der Waals surface area contributed by atoms with Crippen molar-refractivity contribution in [1.82, 2.24) is 15.1 Å². The molecule has 0 aromatic heterocycles. The van der Waals surface area contributed by atoms with Gasteiger partial charge < -0.3 is 25.0 Å². The van der Waals surface area contributed by atoms with Gasteiger partial charge in [0.05, 0.1) is 11.0 Å². The van der Waals surface area contributed by atoms with Crippen LogP contribution in [0.5, 0.6) is 5.75 Å². The largest absolute Gasteiger partial charge is 0.485 e. The zero-order valence-corrected chi connectivity index (χ0v) is 14.7. The lowest BCUT2D eigenvalue weighted by molar-refractivity contribution is -0.385. The van der Waals surface area contributed by atoms with Crippen molar-refractivity contribution < 1.29 is 24.4 Å². The number of hydrogen-bond acceptors (Lipinski definition) is 6. The number of amides is 2. The van der Waals surface area contributed by atoms with E-state index in [1.54, 1.807) is 0 Å². The minimum Gasteiger partial charge on any atom is -0.485 e. The van der Waals surface area contributed by atoms with Gasteiger partial charge in [0.15, 0.2) is 5.75 Å². The maximum Gasteiger partial charge on any atom is 0.404 e. The van der Waals surface area contributed by atoms with E-state index < -0.39 is 11.0 Å². The summed E-state index contributed by atoms with van der Waals surface area (Å²) >= 11 is 0. The second-order valence-corrected chi connectivity index (χ2v) is 6.28. The normalized spacial score (nSPS) is 16.6. The Morgan fingerprint density at radius 1 is 1.46 bits per heavy atom. The van der Waals surface area contributed by atoms with Crippen LogP contribution in [0, 0.1) is 10.1 Å². The number of likely N-dealkylation sites (tertiary alicyclic amines) is 1. The van der Waals surface area contributed by atoms with Crippen molar-refractivity contribution in [1.29, 1.82) is 0 Å². The van der Waals surface area contributed by atoms with E-state index in [9.17, 15) is 19.7 Å². The van der Waals surface area contributed by atoms with E-state index in [-0.39, 0.29) is 42.1 Å². The van der Waals surface area contributed by atoms with Crippen LogP contribution >= 0.6 is 0 Å². The quantitative estimate of drug-likeness (QED) is 0.545. The van der Waals surface area contributed by atoms with Gasteiger partial charge in [0.25, 0.3) is 5.91 Å². The number of likely N-dealkylation sites (N-methyl/N-ethyl adjacent to an activating group) is 1. The first-order valence-electron chi connectivity index (χ1n) is 8.12. The number of ether oxygens (including phenoxy) is 1. The van der Waals surface area contributed by atoms with Crippen molar-refractivity contribution in [3.8, 4) is 5.75 Å². The first kappa shape index (κ1) is 19.4. The van der Waals surface area contributed by atoms with Crippen molar-refractivity contribution >= 4 is 17.7 Å². The molecule has 142 valence electrons. The molecule has 1 atom stereocenters. The third-order valence-corrected chi connectivity index (χ3v) is 4.00. The number of benzene rings is 1. The smallest absolute Gasteiger partial charge is 0.404 e. The second-order valence-electron chi connectivity index (χ2n) is 6.28. The number of carboxylic acid groups (broad SMARTS) is 1. The summed E-state index contributed by atoms with van der Waals surface area (Å²) in [6.07, 6.45) is -0.603. The lowest BCUT2D eigenvalue weighted by Crippen LogP contribution is -2.37. The minimum absolute atomic E-state index is 0.0436. The van der Waals surface area contributed by atoms with Gasteiger partial charge in [-0.25, -0.2) is 4.79 Å². The molecule has 1 saturated heterocycles. The van der Waals surface area contributed by atoms with Gasteiger partial charge in [-0.1, -0.05) is 0 Å². The molecular weight excluding hydrogens is 344 g/mol. The lowest BCUT2D eigenvalue weighted by atomic mass is 10.1. The standard InChI is InChI=1S/C16H22N4O6/c1-18(2)7-8-26-14-9-11(3-4-13(14)20(24)25)15(21)19-6-5-12(10-19)17-16(22)23/h3-4,9,12,17H,5-8,10H2,1-2H3,(H,22,23). The molecule has 10 heteroatoms. The SMILES string of the molecule is CN(C)CCOc1cc(C(=O)N2CCC(NC(=O)O)C2)ccc1[N+](=O)[O-]. The summed E-state index contributed by atoms with van der Waals surface area (Å²) < 4.78 is 5.49. The minimum atomic E-state index is -1.13. The predicted molar refractivity (Wildman–Crippen MR) is 92.6 cm³/mol. The Labute approximate surface area is 150 Å². The molecule has 2 amide bonds. The van der Waals surface area contributed by atoms with Crippen molar-refractivity contribution in [2.24, 2.45) is 0 Å². The number of nitro groups is 1. The van der Waals surface area contributed by atoms with Gasteiger partial charge in [0, 0.05) is 37.3 Å². The summed E-state index contributed by atoms with van der Waals surface area (Å²) in [5.41, 5.74) is 0.0681. The second kappa shape index (κ2) is 8.48. The molecule has 1 fully saturated rings. The highest BCUT2D eigenvalue weighted by Crippen LogP contribution is 2.29. The van der Waals surface area contributed by atoms with E-state index in [1.807, 2.05) is 19.0 Å². The Hall–Kier alpha value is -2.88. The topological polar surface area (TPSA) is 125 Å². The molecule has 10 nitrogen and oxygen atoms in total. The average Bonchev–Trinajstić information content (AvgIpc) is 3.01. The number of carbonyl (C=O) groups is 2. The Bertz CT molecular complexity index is 693. The average molecular weight is 366 g/mol. The number of carbonyl (C=O) groups excluding carboxylic acids is 1. The summed E-state index contributed by atoms with van der Waals surface area (Å²) in [5.74, 6) is -0.269. The fourth-order valence-electron chi connectivity index (χ4n) is 2.67. The van der Waals surface area contributed by atoms with Crippen LogP contribution in [0.15, 0.2) is 18.2 Å². The number of nitro benzene ring substituents is 1. The zero-order chi connectivity index (χ0) is 19.3. The molecule has 0 aliphatic carbocycles. The van der Waals surface area contributed by atoms with Crippen molar-refractivity contribution in [3.63, 3.8) is 0 Å². The molecular formula is C16H22N4O6. The van der Waals surface area contributed by atoms with Crippen LogP contribution in [0.3, 0.4) is 0 Å². The molecule has 0 radical (unpaired) electrons. The van der Waals surface area contributed by atoms with Crippen LogP contribution in [-0.4, -0.2) is 78.2 Å². The summed E-state index contributed by atoms with van der Waals surface area (Å²) in [5, 5.41) is 22.3. The van der Waals surface area contributed by atoms with Gasteiger partial charge in [0.2, 0.25) is 0 Å². The van der Waals surface area contributed by atoms with Gasteiger partial charge in [-0.3, -0.25) is 14.9 Å². The summed E-state index contributed by atoms with van der Waals surface area (Å²) in [4.78, 5) is 37.3. The van der Waals surface area contributed by atoms with E-state index in [0.717, 1.165) is 0 Å². The Morgan fingerprint density at radius 2 is 2.19 bits per heavy atom. The number of nitrogens with one attached hydrogen (secondary N) is 1. The predicted octanol–water partition coefficient (Wildman–Crippen LogP) is 1.02. The van der Waals surface area contributed by atoms with Crippen molar-refractivity contribution in [2.45, 2.75) is 12.5 Å². The van der Waals surface area contributed by atoms with Crippen LogP contribution in [0.2, 0.25) is 0 Å². The van der Waals surface area contributed by atoms with Crippen molar-refractivity contribution in [2.75, 3.05) is 40.3 Å². The highest BCUT2D eigenvalue weighted by atomic mass is 16.6. The molecule has 1 unspecified atom stereocenters. The Balaban J connectivity index is 2.12. The zero-order valence-electron chi connectivity index (χ0n) is 14.7. The number of rotatable bonds is 7. The van der Waals surface area contributed by atoms with E-state index in [0.29, 0.717) is 19.5 Å². The third-order valence-electron chi connectivity index (χ3n) is 4.00. The number of nitrogens with zero attached hydrogens (tertiary/aromatic N) is 3. The lowest BCUT2D eigenvalue weighted by Gasteiger charge is -2.17. The molecule has 26 heavy (non-hydrogen) atoms. The highest BCUT2D eigenvalue weighted by Gasteiger charge is 2.29. The number of hydrogen-bond donors (Lipinski definition) is 2. The molecule has 1 aliphatic rings. The maximum atomic E-state index is 12.6. The Kier molecular flexibility index (Phi) is 6.34. The molecule has 1 aromatic carbocycles. The molecule has 2 rings (SSSR count). The van der Waals surface area contributed by atoms with Gasteiger partial charge in [-0.05, 0) is 26.6 Å². The highest BCUT2D eigenvalue weighted by molar-refractivity contribution is 5.95. The fourth-order valence-corrected chi connectivity index (χ4v) is 2.67. The first-order valence-corrected chi connectivity index (χ1v) is 8.12. The molecule has 1 aliphatic heterocycles. The third kappa shape index (κ3) is 5.06. The molecule has 0 spiro atoms. The summed E-state index contributed by atoms with van der Waals surface area (Å²) in [6, 6.07) is 3.69. The van der Waals surface area contributed by atoms with Crippen LogP contribution in [0.1, 0.15) is 16.8 Å². The van der Waals surface area contributed by atoms with Gasteiger partial charge >= 0.3 is 11.8 Å². The Morgan fingerprint density at radius 3 is 2.81 bits per heavy atom. The van der Waals surface area contributed by atoms with E-state index >= 15 is 0 Å². The van der Waals surface area contributed by atoms with E-state index in [1.165, 1.54) is 23.1 Å². The molecule has 0 bridgehead atoms. The fraction of sp³-hybridized carbons (Fsp3) is 0.500. The van der Waals surface area contributed by atoms with E-state index in [2.05, 4.69) is 5.32 Å². The van der Waals surface area contributed by atoms with Crippen molar-refractivity contribution in [3.05, 3.63) is 33.9 Å². The summed E-state index contributed by atoms with van der Waals surface area (Å²) in [7, 11) is 3.71. The van der Waals surface area contributed by atoms with Crippen LogP contribution < -0.4 is 10.1 Å². The van der Waals surface area contributed by atoms with E-state index in [4.69, 9.17) is 9.84 Å². The first-order chi connectivity index (χ1) is 12.3. The van der Waals surface area contributed by atoms with Gasteiger partial charge in [-0.15, -0.1) is 0 Å². The van der Waals surface area contributed by atoms with Crippen LogP contribution in [0.4, 0.5) is 10.5 Å². The van der Waals surface area contributed by atoms with Crippen LogP contribution in [-0.2, 0) is 0 Å². The molecule has 1 heterocycles. The van der Waals surface area contributed by atoms with Gasteiger partial charge in [-0.2, -0.15) is 0 Å². The van der Waals surface area contributed by atoms with Gasteiger partial charge in [0.1, 0.15) is 6.61 Å². The molecule has 1 aromatic rings.